The van der Waals surface area contributed by atoms with E-state index in [4.69, 9.17) is 18.6 Å². The second-order valence-corrected chi connectivity index (χ2v) is 9.31. The molecule has 0 aliphatic carbocycles. The Morgan fingerprint density at radius 3 is 2.33 bits per heavy atom. The number of esters is 1. The fraction of sp³-hybridized carbons (Fsp3) is 0.379. The van der Waals surface area contributed by atoms with Crippen molar-refractivity contribution in [1.29, 1.82) is 0 Å². The van der Waals surface area contributed by atoms with Gasteiger partial charge >= 0.3 is 5.97 Å². The molecule has 1 aromatic heterocycles. The molecular formula is C29H34N2O8. The number of hydrogen-bond donors (Lipinski definition) is 2. The summed E-state index contributed by atoms with van der Waals surface area (Å²) in [5, 5.41) is 20.5. The highest BCUT2D eigenvalue weighted by molar-refractivity contribution is 5.71. The van der Waals surface area contributed by atoms with Crippen LogP contribution in [0.5, 0.6) is 17.2 Å². The molecule has 3 aromatic rings. The van der Waals surface area contributed by atoms with E-state index in [0.717, 1.165) is 37.6 Å². The minimum atomic E-state index is -0.812. The number of ether oxygens (including phenoxy) is 3. The van der Waals surface area contributed by atoms with Crippen LogP contribution in [0.15, 0.2) is 57.7 Å². The lowest BCUT2D eigenvalue weighted by Gasteiger charge is -2.36. The molecule has 2 aromatic carbocycles. The zero-order valence-electron chi connectivity index (χ0n) is 22.4. The van der Waals surface area contributed by atoms with E-state index in [1.54, 1.807) is 25.3 Å². The monoisotopic (exact) mass is 538 g/mol. The Balaban J connectivity index is 1.56. The molecule has 39 heavy (non-hydrogen) atoms. The Labute approximate surface area is 226 Å². The molecule has 0 spiro atoms. The van der Waals surface area contributed by atoms with Crippen LogP contribution in [-0.2, 0) is 22.7 Å². The van der Waals surface area contributed by atoms with E-state index < -0.39 is 23.1 Å². The topological polar surface area (TPSA) is 122 Å². The van der Waals surface area contributed by atoms with Gasteiger partial charge in [-0.1, -0.05) is 6.07 Å². The van der Waals surface area contributed by atoms with Crippen LogP contribution in [-0.4, -0.2) is 68.6 Å². The lowest BCUT2D eigenvalue weighted by Crippen LogP contribution is -2.46. The first-order valence-corrected chi connectivity index (χ1v) is 12.7. The third-order valence-electron chi connectivity index (χ3n) is 6.98. The quantitative estimate of drug-likeness (QED) is 0.373. The summed E-state index contributed by atoms with van der Waals surface area (Å²) < 4.78 is 21.5. The smallest absolute Gasteiger partial charge is 0.306 e. The molecule has 1 aliphatic rings. The summed E-state index contributed by atoms with van der Waals surface area (Å²) in [6.07, 6.45) is -0.172. The van der Waals surface area contributed by atoms with E-state index in [1.807, 2.05) is 24.3 Å². The number of nitrogens with zero attached hydrogens (tertiary/aromatic N) is 2. The van der Waals surface area contributed by atoms with Crippen molar-refractivity contribution in [2.24, 2.45) is 0 Å². The number of hydrogen-bond acceptors (Lipinski definition) is 10. The molecule has 208 valence electrons. The number of carbonyl (C=O) groups is 1. The van der Waals surface area contributed by atoms with Crippen molar-refractivity contribution in [2.75, 3.05) is 52.4 Å². The largest absolute Gasteiger partial charge is 0.502 e. The van der Waals surface area contributed by atoms with E-state index in [-0.39, 0.29) is 18.8 Å². The van der Waals surface area contributed by atoms with Gasteiger partial charge in [0, 0.05) is 43.5 Å². The van der Waals surface area contributed by atoms with Gasteiger partial charge in [0.05, 0.1) is 46.8 Å². The van der Waals surface area contributed by atoms with Crippen LogP contribution in [0.1, 0.15) is 35.0 Å². The van der Waals surface area contributed by atoms with Gasteiger partial charge in [-0.15, -0.1) is 0 Å². The van der Waals surface area contributed by atoms with Crippen LogP contribution in [0.2, 0.25) is 0 Å². The third-order valence-corrected chi connectivity index (χ3v) is 6.98. The third kappa shape index (κ3) is 6.52. The molecule has 1 saturated heterocycles. The second kappa shape index (κ2) is 12.7. The molecule has 4 rings (SSSR count). The molecular weight excluding hydrogens is 504 g/mol. The number of carbonyl (C=O) groups excluding carboxylic acids is 1. The molecule has 0 saturated carbocycles. The van der Waals surface area contributed by atoms with Gasteiger partial charge in [0.2, 0.25) is 11.2 Å². The van der Waals surface area contributed by atoms with Gasteiger partial charge in [0.15, 0.2) is 5.76 Å². The Morgan fingerprint density at radius 2 is 1.72 bits per heavy atom. The van der Waals surface area contributed by atoms with Crippen molar-refractivity contribution in [2.45, 2.75) is 25.5 Å². The molecule has 2 heterocycles. The van der Waals surface area contributed by atoms with E-state index in [2.05, 4.69) is 9.80 Å². The molecule has 1 fully saturated rings. The van der Waals surface area contributed by atoms with Crippen LogP contribution >= 0.6 is 0 Å². The highest BCUT2D eigenvalue weighted by Crippen LogP contribution is 2.35. The van der Waals surface area contributed by atoms with E-state index in [1.165, 1.54) is 20.3 Å². The highest BCUT2D eigenvalue weighted by Gasteiger charge is 2.28. The maximum absolute atomic E-state index is 12.8. The zero-order chi connectivity index (χ0) is 27.9. The van der Waals surface area contributed by atoms with Crippen LogP contribution in [0, 0.1) is 0 Å². The van der Waals surface area contributed by atoms with E-state index >= 15 is 0 Å². The first-order valence-electron chi connectivity index (χ1n) is 12.7. The number of aliphatic hydroxyl groups excluding tert-OH is 1. The zero-order valence-corrected chi connectivity index (χ0v) is 22.4. The van der Waals surface area contributed by atoms with Crippen molar-refractivity contribution >= 4 is 11.7 Å². The normalized spacial score (nSPS) is 14.6. The summed E-state index contributed by atoms with van der Waals surface area (Å²) in [5.74, 6) is -0.255. The molecule has 1 atom stereocenters. The summed E-state index contributed by atoms with van der Waals surface area (Å²) in [5.41, 5.74) is 1.58. The molecule has 0 radical (unpaired) electrons. The summed E-state index contributed by atoms with van der Waals surface area (Å²) in [7, 11) is 4.40. The average Bonchev–Trinajstić information content (AvgIpc) is 2.97. The molecule has 2 N–H and O–H groups in total. The Bertz CT molecular complexity index is 1330. The summed E-state index contributed by atoms with van der Waals surface area (Å²) >= 11 is 0. The van der Waals surface area contributed by atoms with Gasteiger partial charge < -0.3 is 33.7 Å². The second-order valence-electron chi connectivity index (χ2n) is 9.31. The van der Waals surface area contributed by atoms with E-state index in [9.17, 15) is 19.8 Å². The number of aliphatic hydroxyl groups is 1. The fourth-order valence-electron chi connectivity index (χ4n) is 4.80. The van der Waals surface area contributed by atoms with Gasteiger partial charge in [-0.25, -0.2) is 0 Å². The van der Waals surface area contributed by atoms with Crippen molar-refractivity contribution in [3.63, 3.8) is 0 Å². The van der Waals surface area contributed by atoms with Crippen LogP contribution in [0.25, 0.3) is 0 Å². The lowest BCUT2D eigenvalue weighted by atomic mass is 9.91. The minimum Gasteiger partial charge on any atom is -0.502 e. The Hall–Kier alpha value is -4.02. The number of rotatable bonds is 10. The summed E-state index contributed by atoms with van der Waals surface area (Å²) in [6.45, 7) is 3.16. The molecule has 10 nitrogen and oxygen atoms in total. The van der Waals surface area contributed by atoms with Gasteiger partial charge in [-0.05, 0) is 42.0 Å². The maximum Gasteiger partial charge on any atom is 0.306 e. The number of anilines is 1. The fourth-order valence-corrected chi connectivity index (χ4v) is 4.80. The van der Waals surface area contributed by atoms with Crippen LogP contribution < -0.4 is 19.8 Å². The summed E-state index contributed by atoms with van der Waals surface area (Å²) in [4.78, 5) is 29.5. The molecule has 0 bridgehead atoms. The highest BCUT2D eigenvalue weighted by atomic mass is 16.5. The van der Waals surface area contributed by atoms with Crippen LogP contribution in [0.3, 0.4) is 0 Å². The number of piperazine rings is 1. The van der Waals surface area contributed by atoms with Crippen molar-refractivity contribution in [3.8, 4) is 17.2 Å². The van der Waals surface area contributed by atoms with Gasteiger partial charge in [-0.3, -0.25) is 14.5 Å². The van der Waals surface area contributed by atoms with Crippen molar-refractivity contribution < 1.29 is 33.6 Å². The molecule has 10 heteroatoms. The number of benzene rings is 2. The minimum absolute atomic E-state index is 0.0196. The van der Waals surface area contributed by atoms with Crippen LogP contribution in [0.4, 0.5) is 5.69 Å². The molecule has 0 amide bonds. The molecule has 1 aliphatic heterocycles. The van der Waals surface area contributed by atoms with Crippen molar-refractivity contribution in [1.82, 2.24) is 4.90 Å². The Kier molecular flexibility index (Phi) is 9.11. The predicted molar refractivity (Wildman–Crippen MR) is 145 cm³/mol. The summed E-state index contributed by atoms with van der Waals surface area (Å²) in [6, 6.07) is 14.2. The predicted octanol–water partition coefficient (Wildman–Crippen LogP) is 2.87. The lowest BCUT2D eigenvalue weighted by molar-refractivity contribution is -0.140. The molecule has 0 unspecified atom stereocenters. The number of aromatic hydroxyl groups is 1. The van der Waals surface area contributed by atoms with Gasteiger partial charge in [0.25, 0.3) is 0 Å². The first-order chi connectivity index (χ1) is 18.9. The van der Waals surface area contributed by atoms with Crippen molar-refractivity contribution in [3.05, 3.63) is 81.4 Å². The maximum atomic E-state index is 12.8. The van der Waals surface area contributed by atoms with E-state index in [0.29, 0.717) is 29.2 Å². The first kappa shape index (κ1) is 28.0. The van der Waals surface area contributed by atoms with Gasteiger partial charge in [-0.2, -0.15) is 0 Å². The SMILES string of the molecule is COC(=O)C[C@H](c1ccc(OC)c(CO)c1)c1oc(CN2CCN(c3ccc(OC)cc3)CC2)cc(=O)c1O. The van der Waals surface area contributed by atoms with Gasteiger partial charge in [0.1, 0.15) is 17.3 Å². The Morgan fingerprint density at radius 1 is 1.00 bits per heavy atom. The standard InChI is InChI=1S/C29H34N2O8/c1-36-22-7-5-21(6-8-22)31-12-10-30(11-13-31)17-23-15-25(33)28(35)29(39-23)24(16-27(34)38-3)19-4-9-26(37-2)20(14-19)18-32/h4-9,14-15,24,32,35H,10-13,16-18H2,1-3H3/t24-/m1/s1. The number of methoxy groups -OCH3 is 3. The average molecular weight is 539 g/mol.